The van der Waals surface area contributed by atoms with Crippen LogP contribution in [0.25, 0.3) is 0 Å². The third-order valence-electron chi connectivity index (χ3n) is 4.62. The number of nitrogens with one attached hydrogen (secondary N) is 1. The quantitative estimate of drug-likeness (QED) is 0.688. The predicted molar refractivity (Wildman–Crippen MR) is 108 cm³/mol. The van der Waals surface area contributed by atoms with E-state index in [1.54, 1.807) is 6.07 Å². The van der Waals surface area contributed by atoms with E-state index in [0.29, 0.717) is 17.7 Å². The van der Waals surface area contributed by atoms with Crippen molar-refractivity contribution in [1.82, 2.24) is 5.32 Å². The van der Waals surface area contributed by atoms with Crippen molar-refractivity contribution < 1.29 is 9.53 Å². The van der Waals surface area contributed by atoms with E-state index in [9.17, 15) is 10.1 Å². The Morgan fingerprint density at radius 1 is 1.00 bits per heavy atom. The van der Waals surface area contributed by atoms with E-state index in [-0.39, 0.29) is 11.9 Å². The van der Waals surface area contributed by atoms with Gasteiger partial charge in [-0.25, -0.2) is 0 Å². The zero-order valence-electron chi connectivity index (χ0n) is 15.1. The molecule has 0 aromatic heterocycles. The van der Waals surface area contributed by atoms with Crippen molar-refractivity contribution in [3.63, 3.8) is 0 Å². The van der Waals surface area contributed by atoms with Crippen molar-refractivity contribution in [1.29, 1.82) is 5.26 Å². The number of ether oxygens (including phenoxy) is 1. The molecule has 0 unspecified atom stereocenters. The van der Waals surface area contributed by atoms with Crippen LogP contribution < -0.4 is 10.1 Å². The first-order valence-corrected chi connectivity index (χ1v) is 9.86. The molecule has 1 aliphatic heterocycles. The normalized spacial score (nSPS) is 15.0. The van der Waals surface area contributed by atoms with Crippen LogP contribution in [0.15, 0.2) is 82.6 Å². The summed E-state index contributed by atoms with van der Waals surface area (Å²) in [5.41, 5.74) is 2.20. The highest BCUT2D eigenvalue weighted by molar-refractivity contribution is 7.99. The lowest BCUT2D eigenvalue weighted by atomic mass is 10.00. The van der Waals surface area contributed by atoms with Crippen LogP contribution in [-0.2, 0) is 0 Å². The molecular formula is C23H18N2O2S. The minimum absolute atomic E-state index is 0.0816. The number of carbonyl (C=O) groups excluding carboxylic acids is 1. The molecule has 5 heteroatoms. The average Bonchev–Trinajstić information content (AvgIpc) is 2.75. The number of benzene rings is 3. The molecule has 0 fully saturated rings. The molecule has 1 heterocycles. The first-order valence-electron chi connectivity index (χ1n) is 9.05. The summed E-state index contributed by atoms with van der Waals surface area (Å²) >= 11 is 1.43. The molecule has 0 saturated heterocycles. The van der Waals surface area contributed by atoms with E-state index >= 15 is 0 Å². The van der Waals surface area contributed by atoms with E-state index in [1.807, 2.05) is 66.7 Å². The van der Waals surface area contributed by atoms with Gasteiger partial charge in [0.1, 0.15) is 11.8 Å². The van der Waals surface area contributed by atoms with Crippen molar-refractivity contribution in [2.45, 2.75) is 22.3 Å². The Bertz CT molecular complexity index is 1060. The van der Waals surface area contributed by atoms with Crippen LogP contribution in [0.5, 0.6) is 5.75 Å². The van der Waals surface area contributed by atoms with Gasteiger partial charge in [-0.1, -0.05) is 54.2 Å². The Hall–Kier alpha value is -3.23. The van der Waals surface area contributed by atoms with Gasteiger partial charge in [0.05, 0.1) is 23.8 Å². The Balaban J connectivity index is 1.59. The second-order valence-electron chi connectivity index (χ2n) is 6.41. The fourth-order valence-corrected chi connectivity index (χ4v) is 4.26. The zero-order valence-corrected chi connectivity index (χ0v) is 15.9. The topological polar surface area (TPSA) is 62.1 Å². The van der Waals surface area contributed by atoms with E-state index in [1.165, 1.54) is 11.8 Å². The summed E-state index contributed by atoms with van der Waals surface area (Å²) in [7, 11) is 0. The SMILES string of the molecule is N#Cc1ccccc1Sc1ccccc1C(=O)N[C@@H]1CCOc2ccccc21. The van der Waals surface area contributed by atoms with Crippen LogP contribution in [0, 0.1) is 11.3 Å². The minimum atomic E-state index is -0.126. The summed E-state index contributed by atoms with van der Waals surface area (Å²) in [6.45, 7) is 0.577. The number of para-hydroxylation sites is 1. The van der Waals surface area contributed by atoms with Gasteiger partial charge in [-0.3, -0.25) is 4.79 Å². The lowest BCUT2D eigenvalue weighted by Crippen LogP contribution is -2.32. The molecule has 28 heavy (non-hydrogen) atoms. The van der Waals surface area contributed by atoms with Crippen molar-refractivity contribution >= 4 is 17.7 Å². The third-order valence-corrected chi connectivity index (χ3v) is 5.77. The molecule has 1 aliphatic rings. The molecule has 4 rings (SSSR count). The predicted octanol–water partition coefficient (Wildman–Crippen LogP) is 4.96. The van der Waals surface area contributed by atoms with E-state index in [2.05, 4.69) is 11.4 Å². The van der Waals surface area contributed by atoms with E-state index < -0.39 is 0 Å². The van der Waals surface area contributed by atoms with Crippen molar-refractivity contribution in [3.05, 3.63) is 89.5 Å². The molecule has 0 radical (unpaired) electrons. The third kappa shape index (κ3) is 3.73. The van der Waals surface area contributed by atoms with Crippen LogP contribution in [-0.4, -0.2) is 12.5 Å². The Kier molecular flexibility index (Phi) is 5.31. The van der Waals surface area contributed by atoms with E-state index in [4.69, 9.17) is 4.74 Å². The van der Waals surface area contributed by atoms with Gasteiger partial charge in [0.2, 0.25) is 0 Å². The van der Waals surface area contributed by atoms with Gasteiger partial charge in [0.25, 0.3) is 5.91 Å². The molecule has 0 spiro atoms. The summed E-state index contributed by atoms with van der Waals surface area (Å²) in [5, 5.41) is 12.5. The molecule has 4 nitrogen and oxygen atoms in total. The molecule has 1 amide bonds. The summed E-state index contributed by atoms with van der Waals surface area (Å²) in [6, 6.07) is 24.8. The lowest BCUT2D eigenvalue weighted by Gasteiger charge is -2.27. The molecular weight excluding hydrogens is 368 g/mol. The van der Waals surface area contributed by atoms with Crippen LogP contribution in [0.4, 0.5) is 0 Å². The maximum atomic E-state index is 13.1. The van der Waals surface area contributed by atoms with Gasteiger partial charge in [-0.2, -0.15) is 5.26 Å². The summed E-state index contributed by atoms with van der Waals surface area (Å²) < 4.78 is 5.68. The molecule has 0 saturated carbocycles. The molecule has 138 valence electrons. The summed E-state index contributed by atoms with van der Waals surface area (Å²) in [4.78, 5) is 14.7. The molecule has 1 atom stereocenters. The Morgan fingerprint density at radius 3 is 2.57 bits per heavy atom. The fraction of sp³-hybridized carbons (Fsp3) is 0.130. The first kappa shape index (κ1) is 18.1. The fourth-order valence-electron chi connectivity index (χ4n) is 3.24. The van der Waals surface area contributed by atoms with Gasteiger partial charge in [0, 0.05) is 21.8 Å². The summed E-state index contributed by atoms with van der Waals surface area (Å²) in [6.07, 6.45) is 0.731. The molecule has 0 aliphatic carbocycles. The number of fused-ring (bicyclic) bond motifs is 1. The largest absolute Gasteiger partial charge is 0.493 e. The van der Waals surface area contributed by atoms with Crippen molar-refractivity contribution in [3.8, 4) is 11.8 Å². The average molecular weight is 386 g/mol. The smallest absolute Gasteiger partial charge is 0.252 e. The maximum absolute atomic E-state index is 13.1. The van der Waals surface area contributed by atoms with Crippen LogP contribution >= 0.6 is 11.8 Å². The van der Waals surface area contributed by atoms with Gasteiger partial charge < -0.3 is 10.1 Å². The van der Waals surface area contributed by atoms with Crippen LogP contribution in [0.1, 0.15) is 33.9 Å². The molecule has 3 aromatic rings. The Morgan fingerprint density at radius 2 is 1.71 bits per heavy atom. The highest BCUT2D eigenvalue weighted by atomic mass is 32.2. The minimum Gasteiger partial charge on any atom is -0.493 e. The number of rotatable bonds is 4. The molecule has 0 bridgehead atoms. The van der Waals surface area contributed by atoms with Crippen LogP contribution in [0.2, 0.25) is 0 Å². The number of amides is 1. The lowest BCUT2D eigenvalue weighted by molar-refractivity contribution is 0.0922. The highest BCUT2D eigenvalue weighted by Crippen LogP contribution is 2.34. The number of hydrogen-bond donors (Lipinski definition) is 1. The standard InChI is InChI=1S/C23H18N2O2S/c24-15-16-7-1-5-11-21(16)28-22-12-6-3-9-18(22)23(26)25-19-13-14-27-20-10-4-2-8-17(19)20/h1-12,19H,13-14H2,(H,25,26)/t19-/m1/s1. The second kappa shape index (κ2) is 8.20. The summed E-state index contributed by atoms with van der Waals surface area (Å²) in [5.74, 6) is 0.698. The number of hydrogen-bond acceptors (Lipinski definition) is 4. The number of nitriles is 1. The van der Waals surface area contributed by atoms with Gasteiger partial charge >= 0.3 is 0 Å². The second-order valence-corrected chi connectivity index (χ2v) is 7.49. The number of carbonyl (C=O) groups is 1. The van der Waals surface area contributed by atoms with Gasteiger partial charge in [0.15, 0.2) is 0 Å². The van der Waals surface area contributed by atoms with Crippen molar-refractivity contribution in [2.24, 2.45) is 0 Å². The Labute approximate surface area is 168 Å². The number of nitrogens with zero attached hydrogens (tertiary/aromatic N) is 1. The van der Waals surface area contributed by atoms with Crippen molar-refractivity contribution in [2.75, 3.05) is 6.61 Å². The van der Waals surface area contributed by atoms with E-state index in [0.717, 1.165) is 27.5 Å². The molecule has 1 N–H and O–H groups in total. The highest BCUT2D eigenvalue weighted by Gasteiger charge is 2.24. The van der Waals surface area contributed by atoms with Gasteiger partial charge in [-0.05, 0) is 30.3 Å². The van der Waals surface area contributed by atoms with Crippen LogP contribution in [0.3, 0.4) is 0 Å². The first-order chi connectivity index (χ1) is 13.8. The maximum Gasteiger partial charge on any atom is 0.252 e. The zero-order chi connectivity index (χ0) is 19.3. The van der Waals surface area contributed by atoms with Gasteiger partial charge in [-0.15, -0.1) is 0 Å². The monoisotopic (exact) mass is 386 g/mol. The molecule has 3 aromatic carbocycles.